The summed E-state index contributed by atoms with van der Waals surface area (Å²) in [4.78, 5) is 16.2. The molecule has 8 heteroatoms. The molecule has 0 bridgehead atoms. The Morgan fingerprint density at radius 2 is 1.54 bits per heavy atom. The topological polar surface area (TPSA) is 46.6 Å². The number of esters is 1. The van der Waals surface area contributed by atoms with Crippen LogP contribution in [0.4, 0.5) is 11.4 Å². The average molecular weight is 712 g/mol. The molecule has 0 fully saturated rings. The van der Waals surface area contributed by atoms with E-state index in [1.165, 1.54) is 9.79 Å². The van der Waals surface area contributed by atoms with Crippen molar-refractivity contribution in [3.05, 3.63) is 48.5 Å². The summed E-state index contributed by atoms with van der Waals surface area (Å²) in [6.45, 7) is 0.531. The van der Waals surface area contributed by atoms with Gasteiger partial charge in [-0.1, -0.05) is 36.0 Å². The van der Waals surface area contributed by atoms with Crippen LogP contribution in [0, 0.1) is 0 Å². The number of para-hydroxylation sites is 2. The molecule has 0 unspecified atom stereocenters. The van der Waals surface area contributed by atoms with E-state index in [0.29, 0.717) is 6.54 Å². The van der Waals surface area contributed by atoms with Crippen molar-refractivity contribution in [1.29, 1.82) is 0 Å². The molecule has 1 aliphatic rings. The van der Waals surface area contributed by atoms with Crippen LogP contribution >= 0.6 is 20.2 Å². The molecule has 0 amide bonds. The summed E-state index contributed by atoms with van der Waals surface area (Å²) in [6.07, 6.45) is 0.171. The maximum absolute atomic E-state index is 11.7. The van der Waals surface area contributed by atoms with Crippen LogP contribution in [0.1, 0.15) is 6.42 Å². The van der Waals surface area contributed by atoms with Gasteiger partial charge in [0.05, 0.1) is 17.8 Å². The fraction of sp³-hybridized carbons (Fsp3) is 0.188. The van der Waals surface area contributed by atoms with Crippen LogP contribution in [0.5, 0.6) is 0 Å². The second-order valence-electron chi connectivity index (χ2n) is 4.71. The van der Waals surface area contributed by atoms with E-state index in [-0.39, 0.29) is 66.8 Å². The van der Waals surface area contributed by atoms with Gasteiger partial charge >= 0.3 is 5.97 Å². The number of rotatable bonds is 5. The molecule has 0 aliphatic carbocycles. The zero-order chi connectivity index (χ0) is 15.4. The average Bonchev–Trinajstić information content (AvgIpc) is 2.56. The number of benzene rings is 2. The molecule has 4 nitrogen and oxygen atoms in total. The number of ether oxygens (including phenoxy) is 1. The van der Waals surface area contributed by atoms with E-state index >= 15 is 0 Å². The predicted octanol–water partition coefficient (Wildman–Crippen LogP) is 4.47. The summed E-state index contributed by atoms with van der Waals surface area (Å²) in [5.41, 5.74) is 2.20. The Hall–Kier alpha value is -0.567. The van der Waals surface area contributed by atoms with Gasteiger partial charge in [0.25, 0.3) is 0 Å². The SMILES string of the molecule is O=PCOC(=O)CCN1c2ccccc2Sc2ccccc21.[Os].[Os]. The van der Waals surface area contributed by atoms with Gasteiger partial charge in [0.15, 0.2) is 14.8 Å². The van der Waals surface area contributed by atoms with E-state index in [1.807, 2.05) is 24.3 Å². The minimum Gasteiger partial charge on any atom is -0.453 e. The van der Waals surface area contributed by atoms with Gasteiger partial charge in [-0.05, 0) is 24.3 Å². The van der Waals surface area contributed by atoms with Gasteiger partial charge in [-0.15, -0.1) is 0 Å². The van der Waals surface area contributed by atoms with Crippen LogP contribution in [0.15, 0.2) is 58.3 Å². The molecule has 24 heavy (non-hydrogen) atoms. The molecule has 0 N–H and O–H groups in total. The largest absolute Gasteiger partial charge is 0.453 e. The number of hydrogen-bond donors (Lipinski definition) is 0. The van der Waals surface area contributed by atoms with E-state index in [2.05, 4.69) is 29.2 Å². The van der Waals surface area contributed by atoms with Crippen molar-refractivity contribution in [3.8, 4) is 0 Å². The van der Waals surface area contributed by atoms with Crippen molar-refractivity contribution in [2.75, 3.05) is 17.8 Å². The van der Waals surface area contributed by atoms with Gasteiger partial charge in [-0.2, -0.15) is 0 Å². The van der Waals surface area contributed by atoms with Gasteiger partial charge in [0, 0.05) is 55.9 Å². The van der Waals surface area contributed by atoms with E-state index in [9.17, 15) is 9.36 Å². The molecule has 0 saturated heterocycles. The van der Waals surface area contributed by atoms with E-state index < -0.39 is 0 Å². The Labute approximate surface area is 173 Å². The smallest absolute Gasteiger partial charge is 0.308 e. The Balaban J connectivity index is 0.00000144. The second-order valence-corrected chi connectivity index (χ2v) is 6.31. The molecule has 1 aliphatic heterocycles. The van der Waals surface area contributed by atoms with E-state index in [4.69, 9.17) is 4.74 Å². The minimum atomic E-state index is -0.337. The van der Waals surface area contributed by atoms with Crippen molar-refractivity contribution < 1.29 is 53.7 Å². The first kappa shape index (κ1) is 21.5. The van der Waals surface area contributed by atoms with Crippen molar-refractivity contribution in [3.63, 3.8) is 0 Å². The molecule has 2 aromatic rings. The summed E-state index contributed by atoms with van der Waals surface area (Å²) < 4.78 is 15.2. The van der Waals surface area contributed by atoms with Crippen LogP contribution in [0.25, 0.3) is 0 Å². The Morgan fingerprint density at radius 1 is 1.00 bits per heavy atom. The Morgan fingerprint density at radius 3 is 2.08 bits per heavy atom. The fourth-order valence-electron chi connectivity index (χ4n) is 2.40. The molecule has 0 radical (unpaired) electrons. The van der Waals surface area contributed by atoms with Crippen molar-refractivity contribution in [2.45, 2.75) is 16.2 Å². The molecule has 0 spiro atoms. The third-order valence-corrected chi connectivity index (χ3v) is 4.71. The Bertz CT molecular complexity index is 672. The molecule has 0 saturated carbocycles. The van der Waals surface area contributed by atoms with Crippen LogP contribution in [-0.4, -0.2) is 18.9 Å². The van der Waals surface area contributed by atoms with Crippen molar-refractivity contribution >= 4 is 37.6 Å². The number of anilines is 2. The molecule has 0 aromatic heterocycles. The van der Waals surface area contributed by atoms with E-state index in [1.54, 1.807) is 11.8 Å². The first-order valence-electron chi connectivity index (χ1n) is 6.88. The summed E-state index contributed by atoms with van der Waals surface area (Å²) in [5.74, 6) is -0.337. The third kappa shape index (κ3) is 4.97. The van der Waals surface area contributed by atoms with Gasteiger partial charge < -0.3 is 9.64 Å². The third-order valence-electron chi connectivity index (χ3n) is 3.35. The minimum absolute atomic E-state index is 0. The number of nitrogens with zero attached hydrogens (tertiary/aromatic N) is 1. The number of carbonyl (C=O) groups excluding carboxylic acids is 1. The molecule has 1 heterocycles. The van der Waals surface area contributed by atoms with Crippen molar-refractivity contribution in [1.82, 2.24) is 0 Å². The van der Waals surface area contributed by atoms with Gasteiger partial charge in [0.1, 0.15) is 0 Å². The predicted molar refractivity (Wildman–Crippen MR) is 87.2 cm³/mol. The zero-order valence-electron chi connectivity index (χ0n) is 12.5. The number of fused-ring (bicyclic) bond motifs is 2. The molecule has 3 rings (SSSR count). The second kappa shape index (κ2) is 10.4. The fourth-order valence-corrected chi connectivity index (χ4v) is 3.69. The van der Waals surface area contributed by atoms with Gasteiger partial charge in [-0.25, -0.2) is 0 Å². The quantitative estimate of drug-likeness (QED) is 0.339. The summed E-state index contributed by atoms with van der Waals surface area (Å²) in [5, 5.41) is 0. The molecule has 128 valence electrons. The van der Waals surface area contributed by atoms with Gasteiger partial charge in [0.2, 0.25) is 0 Å². The summed E-state index contributed by atoms with van der Waals surface area (Å²) in [7, 11) is -0.175. The molecule has 0 atom stereocenters. The Kier molecular flexibility index (Phi) is 9.33. The first-order chi connectivity index (χ1) is 10.8. The normalized spacial score (nSPS) is 11.6. The van der Waals surface area contributed by atoms with Crippen molar-refractivity contribution in [2.24, 2.45) is 0 Å². The van der Waals surface area contributed by atoms with Crippen LogP contribution in [0.2, 0.25) is 0 Å². The first-order valence-corrected chi connectivity index (χ1v) is 8.69. The van der Waals surface area contributed by atoms with E-state index in [0.717, 1.165) is 11.4 Å². The van der Waals surface area contributed by atoms with Gasteiger partial charge in [-0.3, -0.25) is 9.36 Å². The van der Waals surface area contributed by atoms with Crippen LogP contribution < -0.4 is 4.90 Å². The van der Waals surface area contributed by atoms with Crippen LogP contribution in [0.3, 0.4) is 0 Å². The summed E-state index contributed by atoms with van der Waals surface area (Å²) >= 11 is 1.73. The summed E-state index contributed by atoms with van der Waals surface area (Å²) in [6, 6.07) is 16.3. The standard InChI is InChI=1S/C16H14NO3PS.2Os/c18-16(20-11-21-19)9-10-17-12-5-1-3-7-14(12)22-15-8-4-2-6-13(15)17;;/h1-8H,9-11H2;;. The maximum atomic E-state index is 11.7. The van der Waals surface area contributed by atoms with Crippen LogP contribution in [-0.2, 0) is 53.7 Å². The molecular formula is C16H14NO3Os2PS. The maximum Gasteiger partial charge on any atom is 0.308 e. The monoisotopic (exact) mass is 715 g/mol. The number of carbonyl (C=O) groups is 1. The molecular weight excluding hydrogens is 698 g/mol. The number of hydrogen-bond acceptors (Lipinski definition) is 5. The molecule has 2 aromatic carbocycles. The zero-order valence-corrected chi connectivity index (χ0v) is 19.3.